The van der Waals surface area contributed by atoms with Crippen molar-refractivity contribution in [3.8, 4) is 11.5 Å². The molecule has 0 saturated heterocycles. The maximum Gasteiger partial charge on any atom is 0.343 e. The summed E-state index contributed by atoms with van der Waals surface area (Å²) in [5, 5.41) is 3.11. The molecule has 1 atom stereocenters. The van der Waals surface area contributed by atoms with E-state index in [-0.39, 0.29) is 23.8 Å². The minimum absolute atomic E-state index is 0.125. The van der Waals surface area contributed by atoms with Crippen LogP contribution in [0.1, 0.15) is 35.9 Å². The Morgan fingerprint density at radius 1 is 1.10 bits per heavy atom. The number of carbonyl (C=O) groups excluding carboxylic acids is 1. The zero-order chi connectivity index (χ0) is 22.0. The maximum absolute atomic E-state index is 13.7. The summed E-state index contributed by atoms with van der Waals surface area (Å²) in [6, 6.07) is 5.27. The smallest absolute Gasteiger partial charge is 0.343 e. The number of nitrogens with one attached hydrogen (secondary N) is 1. The number of carbonyl (C=O) groups is 1. The molecule has 4 aromatic heterocycles. The van der Waals surface area contributed by atoms with Crippen molar-refractivity contribution in [2.24, 2.45) is 0 Å². The first-order valence-corrected chi connectivity index (χ1v) is 9.51. The first-order valence-electron chi connectivity index (χ1n) is 9.51. The van der Waals surface area contributed by atoms with E-state index in [9.17, 15) is 13.6 Å². The highest BCUT2D eigenvalue weighted by Crippen LogP contribution is 2.24. The van der Waals surface area contributed by atoms with Crippen LogP contribution in [-0.2, 0) is 4.74 Å². The van der Waals surface area contributed by atoms with E-state index in [4.69, 9.17) is 4.74 Å². The summed E-state index contributed by atoms with van der Waals surface area (Å²) in [7, 11) is 0. The zero-order valence-corrected chi connectivity index (χ0v) is 16.7. The van der Waals surface area contributed by atoms with Crippen molar-refractivity contribution in [1.82, 2.24) is 24.3 Å². The molecule has 10 heteroatoms. The van der Waals surface area contributed by atoms with Gasteiger partial charge in [-0.05, 0) is 38.1 Å². The number of aromatic nitrogens is 5. The molecule has 1 N–H and O–H groups in total. The monoisotopic (exact) mass is 424 g/mol. The van der Waals surface area contributed by atoms with E-state index >= 15 is 0 Å². The van der Waals surface area contributed by atoms with E-state index < -0.39 is 23.6 Å². The van der Waals surface area contributed by atoms with Gasteiger partial charge < -0.3 is 10.1 Å². The molecule has 4 heterocycles. The van der Waals surface area contributed by atoms with Crippen LogP contribution in [0.15, 0.2) is 49.1 Å². The molecule has 8 nitrogen and oxygen atoms in total. The number of esters is 1. The standard InChI is InChI=1S/C21H18F2N6O2/c1-3-31-21(30)15-9-26-20(17-10-25-18-7-5-14(23)11-29(17)18)28-19(15)27-12(2)16-6-4-13(22)8-24-16/h4-12H,3H2,1-2H3,(H,26,27,28)/t12-/m0/s1. The van der Waals surface area contributed by atoms with Gasteiger partial charge in [-0.2, -0.15) is 0 Å². The van der Waals surface area contributed by atoms with Crippen LogP contribution in [0.4, 0.5) is 14.6 Å². The molecule has 0 fully saturated rings. The molecule has 31 heavy (non-hydrogen) atoms. The lowest BCUT2D eigenvalue weighted by Crippen LogP contribution is -2.16. The highest BCUT2D eigenvalue weighted by Gasteiger charge is 2.20. The van der Waals surface area contributed by atoms with Crippen molar-refractivity contribution in [3.05, 3.63) is 71.9 Å². The number of nitrogens with zero attached hydrogens (tertiary/aromatic N) is 5. The molecule has 0 amide bonds. The van der Waals surface area contributed by atoms with E-state index in [1.807, 2.05) is 0 Å². The number of hydrogen-bond acceptors (Lipinski definition) is 7. The Hall–Kier alpha value is -3.95. The second kappa shape index (κ2) is 8.42. The van der Waals surface area contributed by atoms with Crippen LogP contribution in [0, 0.1) is 11.6 Å². The van der Waals surface area contributed by atoms with Crippen LogP contribution >= 0.6 is 0 Å². The molecular weight excluding hydrogens is 406 g/mol. The number of pyridine rings is 2. The third-order valence-corrected chi connectivity index (χ3v) is 4.53. The van der Waals surface area contributed by atoms with Crippen molar-refractivity contribution in [3.63, 3.8) is 0 Å². The largest absolute Gasteiger partial charge is 0.462 e. The van der Waals surface area contributed by atoms with Crippen molar-refractivity contribution >= 4 is 17.4 Å². The van der Waals surface area contributed by atoms with Crippen LogP contribution < -0.4 is 5.32 Å². The Balaban J connectivity index is 1.76. The van der Waals surface area contributed by atoms with Crippen LogP contribution in [0.2, 0.25) is 0 Å². The van der Waals surface area contributed by atoms with Gasteiger partial charge in [-0.3, -0.25) is 9.38 Å². The van der Waals surface area contributed by atoms with Crippen LogP contribution in [-0.4, -0.2) is 36.9 Å². The summed E-state index contributed by atoms with van der Waals surface area (Å²) in [5.41, 5.74) is 1.64. The summed E-state index contributed by atoms with van der Waals surface area (Å²) < 4.78 is 33.5. The minimum atomic E-state index is -0.597. The number of halogens is 2. The first kappa shape index (κ1) is 20.3. The molecular formula is C21H18F2N6O2. The Kier molecular flexibility index (Phi) is 5.52. The molecule has 0 bridgehead atoms. The Bertz CT molecular complexity index is 1240. The third kappa shape index (κ3) is 4.18. The molecule has 0 radical (unpaired) electrons. The molecule has 0 aliphatic heterocycles. The number of imidazole rings is 1. The number of fused-ring (bicyclic) bond motifs is 1. The Labute approximate surface area is 176 Å². The van der Waals surface area contributed by atoms with Crippen molar-refractivity contribution in [2.45, 2.75) is 19.9 Å². The number of anilines is 1. The predicted molar refractivity (Wildman–Crippen MR) is 108 cm³/mol. The van der Waals surface area contributed by atoms with Gasteiger partial charge in [-0.15, -0.1) is 0 Å². The Morgan fingerprint density at radius 2 is 1.90 bits per heavy atom. The van der Waals surface area contributed by atoms with Crippen molar-refractivity contribution in [2.75, 3.05) is 11.9 Å². The molecule has 4 rings (SSSR count). The Morgan fingerprint density at radius 3 is 2.65 bits per heavy atom. The lowest BCUT2D eigenvalue weighted by Gasteiger charge is -2.17. The molecule has 0 aliphatic rings. The van der Waals surface area contributed by atoms with Crippen molar-refractivity contribution < 1.29 is 18.3 Å². The van der Waals surface area contributed by atoms with Gasteiger partial charge in [0.2, 0.25) is 0 Å². The number of hydrogen-bond donors (Lipinski definition) is 1. The molecule has 0 aromatic carbocycles. The second-order valence-corrected chi connectivity index (χ2v) is 6.66. The van der Waals surface area contributed by atoms with Gasteiger partial charge in [0.1, 0.15) is 34.4 Å². The van der Waals surface area contributed by atoms with Crippen LogP contribution in [0.3, 0.4) is 0 Å². The highest BCUT2D eigenvalue weighted by atomic mass is 19.1. The topological polar surface area (TPSA) is 94.3 Å². The average molecular weight is 424 g/mol. The highest BCUT2D eigenvalue weighted by molar-refractivity contribution is 5.94. The van der Waals surface area contributed by atoms with Gasteiger partial charge >= 0.3 is 5.97 Å². The lowest BCUT2D eigenvalue weighted by molar-refractivity contribution is 0.0526. The SMILES string of the molecule is CCOC(=O)c1cnc(-c2cnc3ccc(F)cn23)nc1N[C@@H](C)c1ccc(F)cn1. The van der Waals surface area contributed by atoms with E-state index in [0.717, 1.165) is 6.20 Å². The number of rotatable bonds is 6. The van der Waals surface area contributed by atoms with Crippen molar-refractivity contribution in [1.29, 1.82) is 0 Å². The molecule has 0 saturated carbocycles. The predicted octanol–water partition coefficient (Wildman–Crippen LogP) is 3.81. The van der Waals surface area contributed by atoms with E-state index in [1.165, 1.54) is 47.3 Å². The summed E-state index contributed by atoms with van der Waals surface area (Å²) >= 11 is 0. The summed E-state index contributed by atoms with van der Waals surface area (Å²) in [5.74, 6) is -1.06. The van der Waals surface area contributed by atoms with Gasteiger partial charge in [0.05, 0.1) is 30.7 Å². The average Bonchev–Trinajstić information content (AvgIpc) is 3.17. The second-order valence-electron chi connectivity index (χ2n) is 6.66. The fraction of sp³-hybridized carbons (Fsp3) is 0.190. The van der Waals surface area contributed by atoms with E-state index in [1.54, 1.807) is 13.8 Å². The van der Waals surface area contributed by atoms with E-state index in [0.29, 0.717) is 17.0 Å². The minimum Gasteiger partial charge on any atom is -0.462 e. The van der Waals surface area contributed by atoms with Crippen LogP contribution in [0.25, 0.3) is 17.2 Å². The van der Waals surface area contributed by atoms with Gasteiger partial charge in [-0.25, -0.2) is 28.5 Å². The summed E-state index contributed by atoms with van der Waals surface area (Å²) in [4.78, 5) is 29.4. The fourth-order valence-corrected chi connectivity index (χ4v) is 3.02. The zero-order valence-electron chi connectivity index (χ0n) is 16.7. The molecule has 4 aromatic rings. The molecule has 0 aliphatic carbocycles. The van der Waals surface area contributed by atoms with E-state index in [2.05, 4.69) is 25.3 Å². The van der Waals surface area contributed by atoms with Crippen LogP contribution in [0.5, 0.6) is 0 Å². The van der Waals surface area contributed by atoms with Gasteiger partial charge in [0.25, 0.3) is 0 Å². The third-order valence-electron chi connectivity index (χ3n) is 4.53. The summed E-state index contributed by atoms with van der Waals surface area (Å²) in [6.45, 7) is 3.67. The molecule has 0 unspecified atom stereocenters. The van der Waals surface area contributed by atoms with Gasteiger partial charge in [0, 0.05) is 12.4 Å². The van der Waals surface area contributed by atoms with Gasteiger partial charge in [0.15, 0.2) is 5.82 Å². The normalized spacial score (nSPS) is 12.0. The quantitative estimate of drug-likeness (QED) is 0.470. The maximum atomic E-state index is 13.7. The first-order chi connectivity index (χ1) is 15.0. The summed E-state index contributed by atoms with van der Waals surface area (Å²) in [6.07, 6.45) is 5.24. The molecule has 0 spiro atoms. The fourth-order valence-electron chi connectivity index (χ4n) is 3.02. The van der Waals surface area contributed by atoms with Gasteiger partial charge in [-0.1, -0.05) is 0 Å². The number of ether oxygens (including phenoxy) is 1. The molecule has 158 valence electrons. The lowest BCUT2D eigenvalue weighted by atomic mass is 10.2.